The highest BCUT2D eigenvalue weighted by Gasteiger charge is 2.24. The van der Waals surface area contributed by atoms with E-state index in [1.165, 1.54) is 12.5 Å². The average molecular weight is 531 g/mol. The molecule has 0 saturated carbocycles. The van der Waals surface area contributed by atoms with Crippen LogP contribution in [0.3, 0.4) is 0 Å². The molecule has 2 heterocycles. The number of carbonyl (C=O) groups is 2. The number of fused-ring (bicyclic) bond motifs is 1. The van der Waals surface area contributed by atoms with Crippen LogP contribution in [0.4, 0.5) is 5.69 Å². The van der Waals surface area contributed by atoms with Crippen molar-refractivity contribution in [2.24, 2.45) is 0 Å². The maximum atomic E-state index is 11.9. The van der Waals surface area contributed by atoms with Crippen LogP contribution in [0.25, 0.3) is 32.8 Å². The van der Waals surface area contributed by atoms with Gasteiger partial charge in [-0.15, -0.1) is 0 Å². The van der Waals surface area contributed by atoms with Gasteiger partial charge in [-0.25, -0.2) is 0 Å². The summed E-state index contributed by atoms with van der Waals surface area (Å²) in [5.41, 5.74) is 5.22. The zero-order valence-corrected chi connectivity index (χ0v) is 23.8. The molecule has 5 rings (SSSR count). The summed E-state index contributed by atoms with van der Waals surface area (Å²) in [6, 6.07) is 13.7. The molecule has 0 saturated heterocycles. The quantitative estimate of drug-likeness (QED) is 0.271. The van der Waals surface area contributed by atoms with E-state index < -0.39 is 11.6 Å². The van der Waals surface area contributed by atoms with Crippen LogP contribution in [0.1, 0.15) is 58.2 Å². The van der Waals surface area contributed by atoms with E-state index in [-0.39, 0.29) is 12.3 Å². The number of hydrogen-bond acceptors (Lipinski definition) is 5. The molecule has 0 unspecified atom stereocenters. The van der Waals surface area contributed by atoms with Crippen molar-refractivity contribution in [3.05, 3.63) is 65.4 Å². The van der Waals surface area contributed by atoms with E-state index >= 15 is 0 Å². The summed E-state index contributed by atoms with van der Waals surface area (Å²) in [5, 5.41) is 23.9. The molecule has 0 radical (unpaired) electrons. The van der Waals surface area contributed by atoms with Crippen molar-refractivity contribution in [2.45, 2.75) is 66.9 Å². The number of anilines is 1. The zero-order valence-electron chi connectivity index (χ0n) is 23.8. The highest BCUT2D eigenvalue weighted by molar-refractivity contribution is 6.14. The van der Waals surface area contributed by atoms with Gasteiger partial charge in [-0.05, 0) is 73.5 Å². The van der Waals surface area contributed by atoms with Crippen molar-refractivity contribution in [1.82, 2.24) is 4.98 Å². The molecule has 0 fully saturated rings. The van der Waals surface area contributed by atoms with E-state index in [4.69, 9.17) is 14.8 Å². The van der Waals surface area contributed by atoms with Crippen molar-refractivity contribution in [1.29, 1.82) is 0 Å². The Hall–Kier alpha value is -3.97. The van der Waals surface area contributed by atoms with E-state index in [1.807, 2.05) is 63.2 Å². The highest BCUT2D eigenvalue weighted by atomic mass is 16.5. The third-order valence-corrected chi connectivity index (χ3v) is 6.06. The van der Waals surface area contributed by atoms with Crippen LogP contribution in [0.15, 0.2) is 48.7 Å². The van der Waals surface area contributed by atoms with Crippen LogP contribution in [0, 0.1) is 6.92 Å². The van der Waals surface area contributed by atoms with E-state index in [0.29, 0.717) is 17.9 Å². The lowest BCUT2D eigenvalue weighted by Gasteiger charge is -2.23. The molecule has 1 aromatic heterocycles. The van der Waals surface area contributed by atoms with Gasteiger partial charge in [-0.2, -0.15) is 0 Å². The van der Waals surface area contributed by atoms with Gasteiger partial charge in [0.1, 0.15) is 5.75 Å². The minimum absolute atomic E-state index is 0.169. The Kier molecular flexibility index (Phi) is 9.30. The first-order valence-corrected chi connectivity index (χ1v) is 13.3. The van der Waals surface area contributed by atoms with Gasteiger partial charge in [0.25, 0.3) is 0 Å². The first-order valence-electron chi connectivity index (χ1n) is 13.3. The lowest BCUT2D eigenvalue weighted by atomic mass is 9.85. The van der Waals surface area contributed by atoms with Gasteiger partial charge in [0.2, 0.25) is 5.91 Å². The number of carboxylic acid groups (broad SMARTS) is 1. The maximum absolute atomic E-state index is 11.9. The number of hydrogen-bond donors (Lipinski definition) is 3. The molecule has 3 aromatic carbocycles. The molecule has 0 spiro atoms. The maximum Gasteiger partial charge on any atom is 0.307 e. The SMILES string of the molecule is CC.CC(=O)Nc1c(C)c(CC(=O)O)c(-c2ccc3c4c(ccnc24)CCO3)c2ccccc12.CC(C)(C)O. The lowest BCUT2D eigenvalue weighted by molar-refractivity contribution is -0.136. The summed E-state index contributed by atoms with van der Waals surface area (Å²) in [7, 11) is 0. The molecular formula is C32H38N2O5. The summed E-state index contributed by atoms with van der Waals surface area (Å²) in [6.07, 6.45) is 2.44. The van der Waals surface area contributed by atoms with Gasteiger partial charge in [0.15, 0.2) is 0 Å². The molecule has 1 amide bonds. The largest absolute Gasteiger partial charge is 0.493 e. The number of carbonyl (C=O) groups excluding carboxylic acids is 1. The first kappa shape index (κ1) is 29.6. The second-order valence-electron chi connectivity index (χ2n) is 10.2. The van der Waals surface area contributed by atoms with Crippen molar-refractivity contribution in [3.63, 3.8) is 0 Å². The number of aliphatic hydroxyl groups is 1. The Bertz CT molecular complexity index is 1500. The fraction of sp³-hybridized carbons (Fsp3) is 0.344. The van der Waals surface area contributed by atoms with Crippen LogP contribution in [-0.4, -0.2) is 39.3 Å². The molecule has 39 heavy (non-hydrogen) atoms. The number of nitrogens with one attached hydrogen (secondary N) is 1. The number of aliphatic carboxylic acids is 1. The van der Waals surface area contributed by atoms with E-state index in [9.17, 15) is 14.7 Å². The summed E-state index contributed by atoms with van der Waals surface area (Å²) < 4.78 is 5.87. The molecule has 4 aromatic rings. The second kappa shape index (κ2) is 12.3. The normalized spacial score (nSPS) is 12.0. The highest BCUT2D eigenvalue weighted by Crippen LogP contribution is 2.44. The third kappa shape index (κ3) is 6.73. The molecule has 206 valence electrons. The number of aromatic nitrogens is 1. The monoisotopic (exact) mass is 530 g/mol. The molecule has 0 atom stereocenters. The van der Waals surface area contributed by atoms with Gasteiger partial charge >= 0.3 is 5.97 Å². The van der Waals surface area contributed by atoms with Crippen LogP contribution in [0.5, 0.6) is 5.75 Å². The zero-order chi connectivity index (χ0) is 28.9. The number of carboxylic acids is 1. The van der Waals surface area contributed by atoms with Crippen molar-refractivity contribution >= 4 is 39.2 Å². The molecule has 1 aliphatic rings. The average Bonchev–Trinajstić information content (AvgIpc) is 2.88. The number of ether oxygens (including phenoxy) is 1. The molecule has 3 N–H and O–H groups in total. The van der Waals surface area contributed by atoms with E-state index in [2.05, 4.69) is 5.32 Å². The summed E-state index contributed by atoms with van der Waals surface area (Å²) in [5.74, 6) is -0.334. The molecule has 7 heteroatoms. The molecule has 0 bridgehead atoms. The van der Waals surface area contributed by atoms with E-state index in [1.54, 1.807) is 27.0 Å². The number of nitrogens with zero attached hydrogens (tertiary/aromatic N) is 1. The van der Waals surface area contributed by atoms with Crippen LogP contribution < -0.4 is 10.1 Å². The van der Waals surface area contributed by atoms with Crippen molar-refractivity contribution in [2.75, 3.05) is 11.9 Å². The number of rotatable bonds is 4. The smallest absolute Gasteiger partial charge is 0.307 e. The minimum Gasteiger partial charge on any atom is -0.493 e. The Morgan fingerprint density at radius 1 is 1.05 bits per heavy atom. The molecule has 1 aliphatic heterocycles. The minimum atomic E-state index is -0.933. The number of pyridine rings is 1. The van der Waals surface area contributed by atoms with Gasteiger partial charge in [-0.1, -0.05) is 38.1 Å². The summed E-state index contributed by atoms with van der Waals surface area (Å²) >= 11 is 0. The fourth-order valence-electron chi connectivity index (χ4n) is 4.74. The predicted octanol–water partition coefficient (Wildman–Crippen LogP) is 6.69. The van der Waals surface area contributed by atoms with Crippen molar-refractivity contribution < 1.29 is 24.5 Å². The Morgan fingerprint density at radius 2 is 1.69 bits per heavy atom. The second-order valence-corrected chi connectivity index (χ2v) is 10.2. The molecular weight excluding hydrogens is 492 g/mol. The van der Waals surface area contributed by atoms with Crippen molar-refractivity contribution in [3.8, 4) is 16.9 Å². The summed E-state index contributed by atoms with van der Waals surface area (Å²) in [4.78, 5) is 28.5. The Labute approximate surface area is 229 Å². The van der Waals surface area contributed by atoms with E-state index in [0.717, 1.165) is 50.5 Å². The van der Waals surface area contributed by atoms with Crippen LogP contribution in [-0.2, 0) is 22.4 Å². The lowest BCUT2D eigenvalue weighted by Crippen LogP contribution is -2.12. The summed E-state index contributed by atoms with van der Waals surface area (Å²) in [6.45, 7) is 13.2. The van der Waals surface area contributed by atoms with Gasteiger partial charge in [-0.3, -0.25) is 14.6 Å². The fourth-order valence-corrected chi connectivity index (χ4v) is 4.74. The Balaban J connectivity index is 0.000000542. The molecule has 0 aliphatic carbocycles. The van der Waals surface area contributed by atoms with Gasteiger partial charge in [0.05, 0.1) is 29.8 Å². The molecule has 7 nitrogen and oxygen atoms in total. The van der Waals surface area contributed by atoms with Gasteiger partial charge < -0.3 is 20.3 Å². The van der Waals surface area contributed by atoms with Gasteiger partial charge in [0, 0.05) is 35.9 Å². The Morgan fingerprint density at radius 3 is 2.31 bits per heavy atom. The standard InChI is InChI=1S/C26H22N2O4.C4H10O.C2H6/c1-14-20(13-22(30)31)24(17-5-3-4-6-18(17)25(14)28-15(2)29)19-7-8-21-23-16(10-12-32-21)9-11-27-26(19)23;1-4(2,3)5;1-2/h3-9,11H,10,12-13H2,1-2H3,(H,28,29)(H,30,31);5H,1-3H3;1-2H3. The van der Waals surface area contributed by atoms with Crippen LogP contribution in [0.2, 0.25) is 0 Å². The number of benzene rings is 3. The topological polar surface area (TPSA) is 109 Å². The number of amides is 1. The first-order chi connectivity index (χ1) is 18.5. The third-order valence-electron chi connectivity index (χ3n) is 6.06. The predicted molar refractivity (Wildman–Crippen MR) is 158 cm³/mol. The van der Waals surface area contributed by atoms with Crippen LogP contribution >= 0.6 is 0 Å².